The Morgan fingerprint density at radius 1 is 1.35 bits per heavy atom. The first-order valence-corrected chi connectivity index (χ1v) is 8.05. The molecule has 1 N–H and O–H groups in total. The lowest BCUT2D eigenvalue weighted by Gasteiger charge is -2.23. The molecular weight excluding hydrogens is 286 g/mol. The predicted molar refractivity (Wildman–Crippen MR) is 71.6 cm³/mol. The van der Waals surface area contributed by atoms with E-state index in [1.807, 2.05) is 0 Å². The van der Waals surface area contributed by atoms with Gasteiger partial charge in [0.05, 0.1) is 18.3 Å². The minimum Gasteiger partial charge on any atom is -0.481 e. The van der Waals surface area contributed by atoms with Crippen LogP contribution in [0, 0.1) is 5.92 Å². The topological polar surface area (TPSA) is 101 Å². The molecule has 1 saturated carbocycles. The summed E-state index contributed by atoms with van der Waals surface area (Å²) in [6, 6.07) is 0. The van der Waals surface area contributed by atoms with Crippen molar-refractivity contribution in [3.8, 4) is 0 Å². The van der Waals surface area contributed by atoms with Gasteiger partial charge < -0.3 is 9.84 Å². The van der Waals surface area contributed by atoms with E-state index in [0.717, 1.165) is 4.31 Å². The highest BCUT2D eigenvalue weighted by Crippen LogP contribution is 2.32. The van der Waals surface area contributed by atoms with Crippen LogP contribution in [0.3, 0.4) is 0 Å². The molecule has 0 spiro atoms. The van der Waals surface area contributed by atoms with Crippen molar-refractivity contribution in [3.05, 3.63) is 0 Å². The second kappa shape index (κ2) is 7.03. The molecule has 7 nitrogen and oxygen atoms in total. The van der Waals surface area contributed by atoms with Crippen LogP contribution >= 0.6 is 0 Å². The molecule has 8 heteroatoms. The zero-order chi connectivity index (χ0) is 15.3. The monoisotopic (exact) mass is 307 g/mol. The summed E-state index contributed by atoms with van der Waals surface area (Å²) in [5.74, 6) is -2.28. The maximum Gasteiger partial charge on any atom is 0.307 e. The number of methoxy groups -OCH3 is 1. The van der Waals surface area contributed by atoms with Crippen LogP contribution in [0.5, 0.6) is 0 Å². The Morgan fingerprint density at radius 3 is 2.55 bits per heavy atom. The fraction of sp³-hybridized carbons (Fsp3) is 0.833. The van der Waals surface area contributed by atoms with E-state index in [4.69, 9.17) is 5.11 Å². The highest BCUT2D eigenvalue weighted by molar-refractivity contribution is 7.89. The number of nitrogens with zero attached hydrogens (tertiary/aromatic N) is 1. The number of hydrogen-bond donors (Lipinski definition) is 1. The minimum atomic E-state index is -3.64. The van der Waals surface area contributed by atoms with E-state index in [-0.39, 0.29) is 18.9 Å². The summed E-state index contributed by atoms with van der Waals surface area (Å²) in [7, 11) is -0.940. The van der Waals surface area contributed by atoms with Crippen LogP contribution in [0.25, 0.3) is 0 Å². The summed E-state index contributed by atoms with van der Waals surface area (Å²) in [4.78, 5) is 22.1. The molecule has 0 radical (unpaired) electrons. The van der Waals surface area contributed by atoms with Crippen molar-refractivity contribution in [2.75, 3.05) is 20.7 Å². The Hall–Kier alpha value is -1.15. The number of aliphatic carboxylic acids is 1. The van der Waals surface area contributed by atoms with E-state index >= 15 is 0 Å². The number of rotatable bonds is 7. The van der Waals surface area contributed by atoms with E-state index in [1.54, 1.807) is 0 Å². The Bertz CT molecular complexity index is 461. The van der Waals surface area contributed by atoms with Crippen molar-refractivity contribution >= 4 is 22.0 Å². The van der Waals surface area contributed by atoms with Gasteiger partial charge in [-0.3, -0.25) is 9.59 Å². The third kappa shape index (κ3) is 3.92. The average molecular weight is 307 g/mol. The summed E-state index contributed by atoms with van der Waals surface area (Å²) in [5, 5.41) is 8.21. The molecular formula is C12H21NO6S. The lowest BCUT2D eigenvalue weighted by molar-refractivity contribution is -0.141. The number of carboxylic acids is 1. The standard InChI is InChI=1S/C12H21NO6S/c1-13(8-4-7-11(14)19-2)20(17,18)10-6-3-5-9(10)12(15)16/h9-10H,3-8H2,1-2H3,(H,15,16). The van der Waals surface area contributed by atoms with E-state index in [9.17, 15) is 18.0 Å². The SMILES string of the molecule is COC(=O)CCCN(C)S(=O)(=O)C1CCCC1C(=O)O. The van der Waals surface area contributed by atoms with Gasteiger partial charge in [-0.15, -0.1) is 0 Å². The number of sulfonamides is 1. The van der Waals surface area contributed by atoms with Crippen molar-refractivity contribution in [1.29, 1.82) is 0 Å². The fourth-order valence-electron chi connectivity index (χ4n) is 2.47. The van der Waals surface area contributed by atoms with Crippen molar-refractivity contribution in [2.45, 2.75) is 37.4 Å². The van der Waals surface area contributed by atoms with Gasteiger partial charge in [-0.05, 0) is 19.3 Å². The van der Waals surface area contributed by atoms with Crippen LogP contribution in [0.2, 0.25) is 0 Å². The Balaban J connectivity index is 2.63. The quantitative estimate of drug-likeness (QED) is 0.685. The summed E-state index contributed by atoms with van der Waals surface area (Å²) in [6.45, 7) is 0.181. The van der Waals surface area contributed by atoms with Gasteiger partial charge in [0.2, 0.25) is 10.0 Å². The maximum atomic E-state index is 12.3. The summed E-state index contributed by atoms with van der Waals surface area (Å²) >= 11 is 0. The van der Waals surface area contributed by atoms with Gasteiger partial charge in [-0.2, -0.15) is 0 Å². The Labute approximate surface area is 118 Å². The highest BCUT2D eigenvalue weighted by Gasteiger charge is 2.43. The third-order valence-electron chi connectivity index (χ3n) is 3.67. The van der Waals surface area contributed by atoms with Crippen molar-refractivity contribution < 1.29 is 27.9 Å². The van der Waals surface area contributed by atoms with E-state index in [1.165, 1.54) is 14.2 Å². The normalized spacial score (nSPS) is 22.9. The van der Waals surface area contributed by atoms with Gasteiger partial charge in [0.25, 0.3) is 0 Å². The van der Waals surface area contributed by atoms with Crippen LogP contribution in [-0.2, 0) is 24.3 Å². The smallest absolute Gasteiger partial charge is 0.307 e. The van der Waals surface area contributed by atoms with E-state index in [0.29, 0.717) is 25.7 Å². The molecule has 1 aliphatic carbocycles. The van der Waals surface area contributed by atoms with Gasteiger partial charge in [0.15, 0.2) is 0 Å². The molecule has 0 aromatic heterocycles. The van der Waals surface area contributed by atoms with E-state index < -0.39 is 27.2 Å². The molecule has 0 aromatic rings. The van der Waals surface area contributed by atoms with Crippen LogP contribution in [0.15, 0.2) is 0 Å². The molecule has 0 saturated heterocycles. The zero-order valence-corrected chi connectivity index (χ0v) is 12.6. The van der Waals surface area contributed by atoms with Gasteiger partial charge in [-0.1, -0.05) is 6.42 Å². The van der Waals surface area contributed by atoms with Crippen LogP contribution in [0.4, 0.5) is 0 Å². The van der Waals surface area contributed by atoms with E-state index in [2.05, 4.69) is 4.74 Å². The zero-order valence-electron chi connectivity index (χ0n) is 11.7. The molecule has 20 heavy (non-hydrogen) atoms. The molecule has 1 fully saturated rings. The molecule has 0 heterocycles. The molecule has 2 atom stereocenters. The van der Waals surface area contributed by atoms with Crippen molar-refractivity contribution in [3.63, 3.8) is 0 Å². The second-order valence-electron chi connectivity index (χ2n) is 4.96. The van der Waals surface area contributed by atoms with Crippen molar-refractivity contribution in [2.24, 2.45) is 5.92 Å². The lowest BCUT2D eigenvalue weighted by Crippen LogP contribution is -2.40. The number of carboxylic acid groups (broad SMARTS) is 1. The maximum absolute atomic E-state index is 12.3. The number of esters is 1. The number of carbonyl (C=O) groups is 2. The average Bonchev–Trinajstić information content (AvgIpc) is 2.88. The highest BCUT2D eigenvalue weighted by atomic mass is 32.2. The van der Waals surface area contributed by atoms with Gasteiger partial charge >= 0.3 is 11.9 Å². The number of ether oxygens (including phenoxy) is 1. The lowest BCUT2D eigenvalue weighted by atomic mass is 10.1. The van der Waals surface area contributed by atoms with Crippen LogP contribution in [0.1, 0.15) is 32.1 Å². The largest absolute Gasteiger partial charge is 0.481 e. The molecule has 2 unspecified atom stereocenters. The first-order chi connectivity index (χ1) is 9.30. The van der Waals surface area contributed by atoms with Crippen LogP contribution in [-0.4, -0.2) is 55.7 Å². The fourth-order valence-corrected chi connectivity index (χ4v) is 4.45. The van der Waals surface area contributed by atoms with Gasteiger partial charge in [0, 0.05) is 20.0 Å². The first-order valence-electron chi connectivity index (χ1n) is 6.55. The number of carbonyl (C=O) groups excluding carboxylic acids is 1. The molecule has 1 aliphatic rings. The minimum absolute atomic E-state index is 0.142. The molecule has 0 bridgehead atoms. The van der Waals surface area contributed by atoms with Crippen molar-refractivity contribution in [1.82, 2.24) is 4.31 Å². The Kier molecular flexibility index (Phi) is 5.94. The second-order valence-corrected chi connectivity index (χ2v) is 7.22. The Morgan fingerprint density at radius 2 is 2.00 bits per heavy atom. The van der Waals surface area contributed by atoms with Crippen LogP contribution < -0.4 is 0 Å². The molecule has 116 valence electrons. The molecule has 1 rings (SSSR count). The summed E-state index contributed by atoms with van der Waals surface area (Å²) in [5.41, 5.74) is 0. The first kappa shape index (κ1) is 16.9. The van der Waals surface area contributed by atoms with Gasteiger partial charge in [0.1, 0.15) is 0 Å². The summed E-state index contributed by atoms with van der Waals surface area (Å²) in [6.07, 6.45) is 1.88. The number of hydrogen-bond acceptors (Lipinski definition) is 5. The summed E-state index contributed by atoms with van der Waals surface area (Å²) < 4.78 is 30.3. The van der Waals surface area contributed by atoms with Gasteiger partial charge in [-0.25, -0.2) is 12.7 Å². The molecule has 0 aliphatic heterocycles. The predicted octanol–water partition coefficient (Wildman–Crippen LogP) is 0.455. The molecule has 0 amide bonds. The molecule has 0 aromatic carbocycles. The third-order valence-corrected chi connectivity index (χ3v) is 6.05.